The van der Waals surface area contributed by atoms with Gasteiger partial charge in [0.2, 0.25) is 0 Å². The van der Waals surface area contributed by atoms with Crippen molar-refractivity contribution < 1.29 is 4.74 Å². The first-order chi connectivity index (χ1) is 23.0. The van der Waals surface area contributed by atoms with Crippen LogP contribution in [0.25, 0.3) is 33.4 Å². The number of ether oxygens (including phenoxy) is 1. The van der Waals surface area contributed by atoms with Gasteiger partial charge in [-0.25, -0.2) is 0 Å². The molecular weight excluding hydrogens is 593 g/mol. The molecule has 0 N–H and O–H groups in total. The Morgan fingerprint density at radius 2 is 0.833 bits per heavy atom. The van der Waals surface area contributed by atoms with E-state index in [4.69, 9.17) is 16.3 Å². The minimum absolute atomic E-state index is 0.561. The van der Waals surface area contributed by atoms with E-state index in [9.17, 15) is 0 Å². The molecule has 48 heavy (non-hydrogen) atoms. The zero-order chi connectivity index (χ0) is 33.8. The van der Waals surface area contributed by atoms with E-state index in [0.29, 0.717) is 5.02 Å². The largest absolute Gasteiger partial charge is 0.456 e. The van der Waals surface area contributed by atoms with Crippen molar-refractivity contribution in [2.75, 3.05) is 0 Å². The number of halogens is 1. The minimum atomic E-state index is -0.561. The summed E-state index contributed by atoms with van der Waals surface area (Å²) in [6.45, 7) is 0. The van der Waals surface area contributed by atoms with E-state index in [1.165, 1.54) is 88.1 Å². The van der Waals surface area contributed by atoms with Crippen LogP contribution in [0, 0.1) is 0 Å². The van der Waals surface area contributed by atoms with Gasteiger partial charge < -0.3 is 4.74 Å². The summed E-state index contributed by atoms with van der Waals surface area (Å²) >= 11 is 7.22. The summed E-state index contributed by atoms with van der Waals surface area (Å²) in [5.41, 5.74) is 23.7. The molecule has 0 aromatic heterocycles. The third kappa shape index (κ3) is 3.99. The smallest absolute Gasteiger partial charge is 0.140 e. The lowest BCUT2D eigenvalue weighted by atomic mass is 9.56. The highest BCUT2D eigenvalue weighted by Crippen LogP contribution is 2.63. The van der Waals surface area contributed by atoms with Gasteiger partial charge in [-0.3, -0.25) is 0 Å². The lowest BCUT2D eigenvalue weighted by Gasteiger charge is -2.40. The molecule has 0 saturated carbocycles. The monoisotopic (exact) mass is 626 g/mol. The second-order valence-electron chi connectivity index (χ2n) is 14.0. The lowest BCUT2D eigenvalue weighted by molar-refractivity contribution is 0.438. The molecule has 2 aliphatic rings. The van der Waals surface area contributed by atoms with Crippen molar-refractivity contribution in [3.05, 3.63) is 112 Å². The Balaban J connectivity index is 1.47. The first-order valence-corrected chi connectivity index (χ1v) is 17.4. The Labute approximate surface area is 297 Å². The minimum Gasteiger partial charge on any atom is -0.456 e. The Morgan fingerprint density at radius 1 is 0.417 bits per heavy atom. The summed E-state index contributed by atoms with van der Waals surface area (Å²) in [6.07, 6.45) is 0. The van der Waals surface area contributed by atoms with Crippen molar-refractivity contribution in [3.63, 3.8) is 0 Å². The van der Waals surface area contributed by atoms with Gasteiger partial charge >= 0.3 is 0 Å². The maximum Gasteiger partial charge on any atom is 0.140 e. The van der Waals surface area contributed by atoms with E-state index in [1.54, 1.807) is 0 Å². The highest BCUT2D eigenvalue weighted by Gasteiger charge is 2.51. The fraction of sp³-hybridized carbons (Fsp3) is 0.0270. The average Bonchev–Trinajstić information content (AvgIpc) is 3.38. The van der Waals surface area contributed by atoms with Gasteiger partial charge in [0.05, 0.1) is 5.41 Å². The molecule has 0 saturated heterocycles. The van der Waals surface area contributed by atoms with Crippen molar-refractivity contribution in [1.29, 1.82) is 0 Å². The summed E-state index contributed by atoms with van der Waals surface area (Å²) in [6, 6.07) is 30.5. The third-order valence-electron chi connectivity index (χ3n) is 12.1. The molecule has 11 heteroatoms. The molecule has 6 aromatic rings. The Hall–Kier alpha value is -4.01. The molecule has 1 nitrogen and oxygen atoms in total. The number of benzene rings is 6. The SMILES string of the molecule is Bc1c(B)c(B)c(-c2c(B)c(B)c(-c3cc(Cl)cc4c3Oc3ccccc3C43c4ccccc4-c4ccccc43)c(B)c2B)c(B)c1B. The molecule has 0 unspecified atom stereocenters. The normalized spacial score (nSPS) is 13.4. The number of hydrogen-bond acceptors (Lipinski definition) is 1. The van der Waals surface area contributed by atoms with Gasteiger partial charge in [0.1, 0.15) is 82.1 Å². The second-order valence-corrected chi connectivity index (χ2v) is 14.5. The summed E-state index contributed by atoms with van der Waals surface area (Å²) in [5.74, 6) is 1.77. The topological polar surface area (TPSA) is 9.23 Å². The van der Waals surface area contributed by atoms with Crippen LogP contribution in [-0.4, -0.2) is 70.6 Å². The van der Waals surface area contributed by atoms with Crippen LogP contribution < -0.4 is 53.9 Å². The first-order valence-electron chi connectivity index (χ1n) is 17.0. The van der Waals surface area contributed by atoms with Crippen LogP contribution in [0.1, 0.15) is 22.3 Å². The van der Waals surface area contributed by atoms with Crippen molar-refractivity contribution in [1.82, 2.24) is 0 Å². The predicted molar refractivity (Wildman–Crippen MR) is 233 cm³/mol. The molecule has 220 valence electrons. The van der Waals surface area contributed by atoms with Gasteiger partial charge in [-0.2, -0.15) is 0 Å². The molecule has 6 aromatic carbocycles. The summed E-state index contributed by atoms with van der Waals surface area (Å²) in [7, 11) is 20.5. The van der Waals surface area contributed by atoms with Crippen LogP contribution in [0.3, 0.4) is 0 Å². The zero-order valence-corrected chi connectivity index (χ0v) is 30.1. The Bertz CT molecular complexity index is 2300. The highest BCUT2D eigenvalue weighted by molar-refractivity contribution is 6.70. The highest BCUT2D eigenvalue weighted by atomic mass is 35.5. The number of hydrogen-bond donors (Lipinski definition) is 0. The van der Waals surface area contributed by atoms with Crippen molar-refractivity contribution in [3.8, 4) is 44.9 Å². The van der Waals surface area contributed by atoms with E-state index in [-0.39, 0.29) is 0 Å². The predicted octanol–water partition coefficient (Wildman–Crippen LogP) is -5.53. The van der Waals surface area contributed by atoms with Gasteiger partial charge in [0, 0.05) is 21.7 Å². The molecule has 0 atom stereocenters. The first kappa shape index (κ1) is 31.3. The van der Waals surface area contributed by atoms with Crippen LogP contribution in [0.15, 0.2) is 84.9 Å². The fourth-order valence-electron chi connectivity index (χ4n) is 9.07. The number of para-hydroxylation sites is 1. The van der Waals surface area contributed by atoms with Crippen molar-refractivity contribution in [2.45, 2.75) is 5.41 Å². The Kier molecular flexibility index (Phi) is 7.17. The van der Waals surface area contributed by atoms with Crippen LogP contribution >= 0.6 is 11.6 Å². The molecule has 0 fully saturated rings. The van der Waals surface area contributed by atoms with E-state index in [1.807, 2.05) is 0 Å². The average molecular weight is 625 g/mol. The molecule has 1 aliphatic heterocycles. The van der Waals surface area contributed by atoms with Crippen molar-refractivity contribution >= 4 is 131 Å². The van der Waals surface area contributed by atoms with Crippen LogP contribution in [0.2, 0.25) is 5.02 Å². The summed E-state index contributed by atoms with van der Waals surface area (Å²) in [5, 5.41) is 0.711. The van der Waals surface area contributed by atoms with Crippen LogP contribution in [0.4, 0.5) is 0 Å². The molecule has 0 radical (unpaired) electrons. The molecule has 0 amide bonds. The van der Waals surface area contributed by atoms with Crippen LogP contribution in [-0.2, 0) is 5.41 Å². The number of fused-ring (bicyclic) bond motifs is 9. The van der Waals surface area contributed by atoms with E-state index in [0.717, 1.165) is 28.2 Å². The van der Waals surface area contributed by atoms with Gasteiger partial charge in [-0.05, 0) is 57.1 Å². The molecule has 1 spiro atoms. The van der Waals surface area contributed by atoms with Crippen molar-refractivity contribution in [2.24, 2.45) is 0 Å². The van der Waals surface area contributed by atoms with Gasteiger partial charge in [-0.1, -0.05) is 111 Å². The van der Waals surface area contributed by atoms with Gasteiger partial charge in [0.15, 0.2) is 0 Å². The van der Waals surface area contributed by atoms with Gasteiger partial charge in [-0.15, -0.1) is 16.4 Å². The standard InChI is InChI=1S/C37H32B9ClO/c38-27-24(28(39)30(41)25(29(27)40)26-31(42)33(44)35(46)34(45)32(26)43)18-13-15(47)14-22-36(18)48-23-12-6-5-11-21(23)37(22)19-9-3-1-7-16(19)17-8-2-4-10-20(17)37/h1-14H,38-46H2. The molecule has 8 rings (SSSR count). The van der Waals surface area contributed by atoms with E-state index < -0.39 is 5.41 Å². The maximum atomic E-state index is 7.22. The summed E-state index contributed by atoms with van der Waals surface area (Å²) in [4.78, 5) is 0. The zero-order valence-electron chi connectivity index (χ0n) is 29.4. The lowest BCUT2D eigenvalue weighted by Crippen LogP contribution is -2.57. The van der Waals surface area contributed by atoms with E-state index in [2.05, 4.69) is 156 Å². The molecular formula is C37H32B9ClO. The third-order valence-corrected chi connectivity index (χ3v) is 12.3. The second kappa shape index (κ2) is 11.0. The number of rotatable bonds is 2. The molecule has 0 bridgehead atoms. The van der Waals surface area contributed by atoms with Gasteiger partial charge in [0.25, 0.3) is 0 Å². The quantitative estimate of drug-likeness (QED) is 0.175. The molecule has 1 aliphatic carbocycles. The molecule has 1 heterocycles. The summed E-state index contributed by atoms with van der Waals surface area (Å²) < 4.78 is 7.06. The maximum absolute atomic E-state index is 7.22. The fourth-order valence-corrected chi connectivity index (χ4v) is 9.29. The van der Waals surface area contributed by atoms with E-state index >= 15 is 0 Å². The van der Waals surface area contributed by atoms with Crippen LogP contribution in [0.5, 0.6) is 11.5 Å². The Morgan fingerprint density at radius 3 is 1.38 bits per heavy atom.